The van der Waals surface area contributed by atoms with Crippen LogP contribution in [0.2, 0.25) is 5.02 Å². The summed E-state index contributed by atoms with van der Waals surface area (Å²) in [6.07, 6.45) is 6.32. The Labute approximate surface area is 150 Å². The van der Waals surface area contributed by atoms with E-state index in [1.54, 1.807) is 36.8 Å². The number of sulfone groups is 1. The molecule has 0 N–H and O–H groups in total. The van der Waals surface area contributed by atoms with E-state index in [1.807, 2.05) is 0 Å². The van der Waals surface area contributed by atoms with Crippen LogP contribution >= 0.6 is 11.6 Å². The van der Waals surface area contributed by atoms with Crippen molar-refractivity contribution in [2.24, 2.45) is 0 Å². The molecule has 0 saturated heterocycles. The molecule has 128 valence electrons. The second-order valence-corrected chi connectivity index (χ2v) is 7.60. The van der Waals surface area contributed by atoms with Crippen molar-refractivity contribution in [2.45, 2.75) is 10.6 Å². The first-order chi connectivity index (χ1) is 12.0. The predicted molar refractivity (Wildman–Crippen MR) is 94.2 cm³/mol. The molecule has 2 aromatic heterocycles. The number of nitrogens with zero attached hydrogens (tertiary/aromatic N) is 3. The second-order valence-electron chi connectivity index (χ2n) is 5.21. The number of benzene rings is 1. The van der Waals surface area contributed by atoms with E-state index < -0.39 is 9.84 Å². The van der Waals surface area contributed by atoms with Crippen LogP contribution in [0.3, 0.4) is 0 Å². The molecule has 0 fully saturated rings. The van der Waals surface area contributed by atoms with Gasteiger partial charge >= 0.3 is 0 Å². The molecule has 0 unspecified atom stereocenters. The molecule has 0 saturated carbocycles. The molecule has 0 atom stereocenters. The van der Waals surface area contributed by atoms with Gasteiger partial charge in [0.1, 0.15) is 10.6 Å². The van der Waals surface area contributed by atoms with Gasteiger partial charge in [-0.15, -0.1) is 0 Å². The largest absolute Gasteiger partial charge is 0.495 e. The number of methoxy groups -OCH3 is 1. The van der Waals surface area contributed by atoms with Gasteiger partial charge in [0.05, 0.1) is 12.9 Å². The van der Waals surface area contributed by atoms with Gasteiger partial charge in [0.2, 0.25) is 0 Å². The highest BCUT2D eigenvalue weighted by Crippen LogP contribution is 2.30. The van der Waals surface area contributed by atoms with Crippen LogP contribution in [0.1, 0.15) is 5.56 Å². The highest BCUT2D eigenvalue weighted by molar-refractivity contribution is 7.90. The third-order valence-electron chi connectivity index (χ3n) is 3.44. The van der Waals surface area contributed by atoms with Gasteiger partial charge in [-0.25, -0.2) is 18.4 Å². The van der Waals surface area contributed by atoms with Crippen molar-refractivity contribution in [2.75, 3.05) is 7.11 Å². The van der Waals surface area contributed by atoms with Gasteiger partial charge in [0.15, 0.2) is 15.7 Å². The fraction of sp³-hybridized carbons (Fsp3) is 0.118. The summed E-state index contributed by atoms with van der Waals surface area (Å²) in [6, 6.07) is 7.90. The van der Waals surface area contributed by atoms with Crippen LogP contribution in [-0.4, -0.2) is 30.5 Å². The van der Waals surface area contributed by atoms with Crippen molar-refractivity contribution in [3.8, 4) is 17.1 Å². The number of hydrogen-bond acceptors (Lipinski definition) is 6. The molecule has 0 aliphatic heterocycles. The Balaban J connectivity index is 1.96. The smallest absolute Gasteiger partial charge is 0.186 e. The molecule has 0 amide bonds. The minimum absolute atomic E-state index is 0.0452. The molecular formula is C17H14ClN3O3S. The maximum Gasteiger partial charge on any atom is 0.186 e. The quantitative estimate of drug-likeness (QED) is 0.681. The van der Waals surface area contributed by atoms with Crippen LogP contribution in [0.15, 0.2) is 60.0 Å². The van der Waals surface area contributed by atoms with Crippen LogP contribution in [-0.2, 0) is 15.6 Å². The molecule has 1 aromatic carbocycles. The van der Waals surface area contributed by atoms with Crippen molar-refractivity contribution in [1.29, 1.82) is 0 Å². The molecule has 6 nitrogen and oxygen atoms in total. The summed E-state index contributed by atoms with van der Waals surface area (Å²) in [7, 11) is -2.25. The van der Waals surface area contributed by atoms with Crippen molar-refractivity contribution in [3.05, 3.63) is 65.7 Å². The number of halogens is 1. The fourth-order valence-corrected chi connectivity index (χ4v) is 4.08. The Bertz CT molecular complexity index is 995. The molecule has 0 bridgehead atoms. The number of aromatic nitrogens is 3. The number of ether oxygens (including phenoxy) is 1. The normalized spacial score (nSPS) is 11.3. The molecule has 25 heavy (non-hydrogen) atoms. The van der Waals surface area contributed by atoms with E-state index in [0.717, 1.165) is 0 Å². The summed E-state index contributed by atoms with van der Waals surface area (Å²) in [5.74, 6) is 0.492. The fourth-order valence-electron chi connectivity index (χ4n) is 2.33. The lowest BCUT2D eigenvalue weighted by molar-refractivity contribution is 0.402. The van der Waals surface area contributed by atoms with Gasteiger partial charge in [-0.3, -0.25) is 4.98 Å². The molecule has 0 spiro atoms. The third kappa shape index (κ3) is 3.94. The lowest BCUT2D eigenvalue weighted by Gasteiger charge is -2.10. The topological polar surface area (TPSA) is 82.0 Å². The Morgan fingerprint density at radius 2 is 1.88 bits per heavy atom. The summed E-state index contributed by atoms with van der Waals surface area (Å²) in [5, 5.41) is 0.323. The first-order valence-corrected chi connectivity index (χ1v) is 9.30. The van der Waals surface area contributed by atoms with Gasteiger partial charge in [-0.2, -0.15) is 0 Å². The molecular weight excluding hydrogens is 362 g/mol. The number of hydrogen-bond donors (Lipinski definition) is 0. The number of rotatable bonds is 5. The lowest BCUT2D eigenvalue weighted by atomic mass is 10.2. The SMILES string of the molecule is COc1ccc(Cl)cc1S(=O)(=O)Cc1cncc(-c2ncccn2)c1. The van der Waals surface area contributed by atoms with Crippen LogP contribution < -0.4 is 4.74 Å². The molecule has 0 aliphatic rings. The van der Waals surface area contributed by atoms with E-state index >= 15 is 0 Å². The Morgan fingerprint density at radius 3 is 2.60 bits per heavy atom. The zero-order chi connectivity index (χ0) is 17.9. The van der Waals surface area contributed by atoms with Gasteiger partial charge in [-0.1, -0.05) is 11.6 Å². The van der Waals surface area contributed by atoms with Crippen LogP contribution in [0.4, 0.5) is 0 Å². The van der Waals surface area contributed by atoms with E-state index in [-0.39, 0.29) is 16.4 Å². The average molecular weight is 376 g/mol. The zero-order valence-electron chi connectivity index (χ0n) is 13.3. The monoisotopic (exact) mass is 375 g/mol. The van der Waals surface area contributed by atoms with E-state index in [9.17, 15) is 8.42 Å². The van der Waals surface area contributed by atoms with E-state index in [1.165, 1.54) is 25.4 Å². The van der Waals surface area contributed by atoms with E-state index in [4.69, 9.17) is 16.3 Å². The highest BCUT2D eigenvalue weighted by Gasteiger charge is 2.21. The molecule has 2 heterocycles. The average Bonchev–Trinajstić information content (AvgIpc) is 2.62. The summed E-state index contributed by atoms with van der Waals surface area (Å²) < 4.78 is 30.7. The van der Waals surface area contributed by atoms with Gasteiger partial charge in [0.25, 0.3) is 0 Å². The van der Waals surface area contributed by atoms with E-state index in [2.05, 4.69) is 15.0 Å². The summed E-state index contributed by atoms with van der Waals surface area (Å²) in [4.78, 5) is 12.4. The lowest BCUT2D eigenvalue weighted by Crippen LogP contribution is -2.07. The van der Waals surface area contributed by atoms with Crippen molar-refractivity contribution in [1.82, 2.24) is 15.0 Å². The Kier molecular flexibility index (Phi) is 4.96. The summed E-state index contributed by atoms with van der Waals surface area (Å²) >= 11 is 5.94. The molecule has 8 heteroatoms. The summed E-state index contributed by atoms with van der Waals surface area (Å²) in [6.45, 7) is 0. The minimum Gasteiger partial charge on any atom is -0.495 e. The number of pyridine rings is 1. The standard InChI is InChI=1S/C17H14ClN3O3S/c1-24-15-4-3-14(18)8-16(15)25(22,23)11-12-7-13(10-19-9-12)17-20-5-2-6-21-17/h2-10H,11H2,1H3. The van der Waals surface area contributed by atoms with Gasteiger partial charge < -0.3 is 4.74 Å². The Hall–Kier alpha value is -2.51. The zero-order valence-corrected chi connectivity index (χ0v) is 14.8. The van der Waals surface area contributed by atoms with Gasteiger partial charge in [0, 0.05) is 35.4 Å². The van der Waals surface area contributed by atoms with Gasteiger partial charge in [-0.05, 0) is 35.9 Å². The predicted octanol–water partition coefficient (Wildman–Crippen LogP) is 3.17. The first-order valence-electron chi connectivity index (χ1n) is 7.27. The molecule has 0 aliphatic carbocycles. The highest BCUT2D eigenvalue weighted by atomic mass is 35.5. The van der Waals surface area contributed by atoms with E-state index in [0.29, 0.717) is 22.0 Å². The van der Waals surface area contributed by atoms with Crippen LogP contribution in [0.5, 0.6) is 5.75 Å². The molecule has 0 radical (unpaired) electrons. The minimum atomic E-state index is -3.67. The summed E-state index contributed by atoms with van der Waals surface area (Å²) in [5.41, 5.74) is 1.17. The third-order valence-corrected chi connectivity index (χ3v) is 5.37. The molecule has 3 rings (SSSR count). The molecule has 3 aromatic rings. The van der Waals surface area contributed by atoms with Crippen LogP contribution in [0, 0.1) is 0 Å². The maximum atomic E-state index is 12.8. The Morgan fingerprint density at radius 1 is 1.12 bits per heavy atom. The maximum absolute atomic E-state index is 12.8. The van der Waals surface area contributed by atoms with Crippen LogP contribution in [0.25, 0.3) is 11.4 Å². The van der Waals surface area contributed by atoms with Crippen molar-refractivity contribution < 1.29 is 13.2 Å². The van der Waals surface area contributed by atoms with Crippen molar-refractivity contribution >= 4 is 21.4 Å². The van der Waals surface area contributed by atoms with Crippen molar-refractivity contribution in [3.63, 3.8) is 0 Å². The first kappa shape index (κ1) is 17.3. The second kappa shape index (κ2) is 7.16.